The highest BCUT2D eigenvalue weighted by atomic mass is 32.2. The van der Waals surface area contributed by atoms with Gasteiger partial charge >= 0.3 is 5.97 Å². The van der Waals surface area contributed by atoms with E-state index < -0.39 is 10.0 Å². The molecule has 0 aliphatic carbocycles. The van der Waals surface area contributed by atoms with Crippen molar-refractivity contribution in [3.05, 3.63) is 30.3 Å². The van der Waals surface area contributed by atoms with Crippen molar-refractivity contribution in [1.82, 2.24) is 9.62 Å². The van der Waals surface area contributed by atoms with Gasteiger partial charge in [0, 0.05) is 26.1 Å². The summed E-state index contributed by atoms with van der Waals surface area (Å²) in [4.78, 5) is 25.7. The van der Waals surface area contributed by atoms with Crippen molar-refractivity contribution in [2.45, 2.75) is 31.1 Å². The quantitative estimate of drug-likeness (QED) is 0.729. The number of carbonyl (C=O) groups is 2. The van der Waals surface area contributed by atoms with Gasteiger partial charge in [0.1, 0.15) is 0 Å². The summed E-state index contributed by atoms with van der Waals surface area (Å²) in [5, 5.41) is 0. The van der Waals surface area contributed by atoms with E-state index in [4.69, 9.17) is 4.74 Å². The van der Waals surface area contributed by atoms with Crippen LogP contribution in [0.5, 0.6) is 0 Å². The highest BCUT2D eigenvalue weighted by molar-refractivity contribution is 7.89. The zero-order valence-corrected chi connectivity index (χ0v) is 15.1. The van der Waals surface area contributed by atoms with Gasteiger partial charge in [-0.05, 0) is 31.9 Å². The lowest BCUT2D eigenvalue weighted by atomic mass is 9.97. The van der Waals surface area contributed by atoms with Crippen LogP contribution in [0.4, 0.5) is 0 Å². The normalized spacial score (nSPS) is 15.8. The number of esters is 1. The molecule has 1 aromatic rings. The molecule has 1 amide bonds. The number of carbonyl (C=O) groups excluding carboxylic acids is 2. The Hall–Kier alpha value is -1.93. The van der Waals surface area contributed by atoms with E-state index in [9.17, 15) is 18.0 Å². The van der Waals surface area contributed by atoms with Crippen LogP contribution in [0.2, 0.25) is 0 Å². The molecular formula is C17H24N2O5S. The van der Waals surface area contributed by atoms with Gasteiger partial charge in [0.15, 0.2) is 0 Å². The Morgan fingerprint density at radius 2 is 1.84 bits per heavy atom. The summed E-state index contributed by atoms with van der Waals surface area (Å²) in [6, 6.07) is 8.04. The predicted molar refractivity (Wildman–Crippen MR) is 92.2 cm³/mol. The fourth-order valence-electron chi connectivity index (χ4n) is 2.76. The van der Waals surface area contributed by atoms with Crippen molar-refractivity contribution in [2.24, 2.45) is 5.92 Å². The van der Waals surface area contributed by atoms with E-state index in [0.29, 0.717) is 32.5 Å². The van der Waals surface area contributed by atoms with Gasteiger partial charge in [-0.2, -0.15) is 0 Å². The van der Waals surface area contributed by atoms with Gasteiger partial charge in [0.05, 0.1) is 17.4 Å². The molecule has 0 saturated carbocycles. The Balaban J connectivity index is 1.75. The van der Waals surface area contributed by atoms with E-state index >= 15 is 0 Å². The number of hydrogen-bond acceptors (Lipinski definition) is 5. The molecule has 1 fully saturated rings. The van der Waals surface area contributed by atoms with Gasteiger partial charge < -0.3 is 9.64 Å². The summed E-state index contributed by atoms with van der Waals surface area (Å²) < 4.78 is 31.6. The summed E-state index contributed by atoms with van der Waals surface area (Å²) in [5.41, 5.74) is 0. The Bertz CT molecular complexity index is 682. The summed E-state index contributed by atoms with van der Waals surface area (Å²) in [5.74, 6) is -0.469. The number of nitrogens with zero attached hydrogens (tertiary/aromatic N) is 1. The maximum atomic E-state index is 12.2. The summed E-state index contributed by atoms with van der Waals surface area (Å²) in [6.07, 6.45) is 1.26. The van der Waals surface area contributed by atoms with Crippen LogP contribution in [0.3, 0.4) is 0 Å². The highest BCUT2D eigenvalue weighted by Gasteiger charge is 2.28. The maximum Gasteiger partial charge on any atom is 0.309 e. The predicted octanol–water partition coefficient (Wildman–Crippen LogP) is 1.16. The molecule has 0 spiro atoms. The van der Waals surface area contributed by atoms with Gasteiger partial charge in [0.25, 0.3) is 0 Å². The molecule has 7 nitrogen and oxygen atoms in total. The monoisotopic (exact) mass is 368 g/mol. The van der Waals surface area contributed by atoms with Crippen molar-refractivity contribution in [1.29, 1.82) is 0 Å². The van der Waals surface area contributed by atoms with Crippen LogP contribution >= 0.6 is 0 Å². The Kier molecular flexibility index (Phi) is 6.95. The molecule has 0 radical (unpaired) electrons. The summed E-state index contributed by atoms with van der Waals surface area (Å²) in [7, 11) is -3.59. The van der Waals surface area contributed by atoms with Crippen molar-refractivity contribution < 1.29 is 22.7 Å². The molecule has 2 rings (SSSR count). The summed E-state index contributed by atoms with van der Waals surface area (Å²) in [6.45, 7) is 3.17. The van der Waals surface area contributed by atoms with Crippen LogP contribution in [0, 0.1) is 5.92 Å². The van der Waals surface area contributed by atoms with E-state index in [2.05, 4.69) is 4.72 Å². The first-order chi connectivity index (χ1) is 11.9. The third kappa shape index (κ3) is 5.54. The molecule has 8 heteroatoms. The first kappa shape index (κ1) is 19.4. The molecular weight excluding hydrogens is 344 g/mol. The number of sulfonamides is 1. The fourth-order valence-corrected chi connectivity index (χ4v) is 3.81. The molecule has 1 aliphatic heterocycles. The second kappa shape index (κ2) is 8.96. The molecule has 0 unspecified atom stereocenters. The van der Waals surface area contributed by atoms with Gasteiger partial charge in [-0.1, -0.05) is 18.2 Å². The molecule has 1 N–H and O–H groups in total. The number of benzene rings is 1. The minimum Gasteiger partial charge on any atom is -0.466 e. The number of nitrogens with one attached hydrogen (secondary N) is 1. The lowest BCUT2D eigenvalue weighted by Crippen LogP contribution is -2.41. The minimum atomic E-state index is -3.59. The van der Waals surface area contributed by atoms with Crippen LogP contribution in [-0.4, -0.2) is 51.4 Å². The van der Waals surface area contributed by atoms with Crippen LogP contribution < -0.4 is 4.72 Å². The number of rotatable bonds is 7. The topological polar surface area (TPSA) is 92.8 Å². The molecule has 25 heavy (non-hydrogen) atoms. The smallest absolute Gasteiger partial charge is 0.309 e. The second-order valence-electron chi connectivity index (χ2n) is 5.87. The molecule has 1 saturated heterocycles. The van der Waals surface area contributed by atoms with E-state index in [1.165, 1.54) is 12.1 Å². The van der Waals surface area contributed by atoms with Crippen LogP contribution in [0.1, 0.15) is 26.2 Å². The lowest BCUT2D eigenvalue weighted by molar-refractivity contribution is -0.151. The molecule has 138 valence electrons. The molecule has 1 aliphatic rings. The average Bonchev–Trinajstić information content (AvgIpc) is 2.62. The third-order valence-electron chi connectivity index (χ3n) is 4.15. The average molecular weight is 368 g/mol. The molecule has 1 aromatic carbocycles. The molecule has 0 atom stereocenters. The zero-order chi connectivity index (χ0) is 18.3. The number of amides is 1. The van der Waals surface area contributed by atoms with Gasteiger partial charge in [0.2, 0.25) is 15.9 Å². The Morgan fingerprint density at radius 1 is 1.20 bits per heavy atom. The number of piperidine rings is 1. The Labute approximate surface area is 148 Å². The lowest BCUT2D eigenvalue weighted by Gasteiger charge is -2.31. The summed E-state index contributed by atoms with van der Waals surface area (Å²) >= 11 is 0. The van der Waals surface area contributed by atoms with Crippen molar-refractivity contribution in [3.63, 3.8) is 0 Å². The minimum absolute atomic E-state index is 0.0495. The third-order valence-corrected chi connectivity index (χ3v) is 5.63. The zero-order valence-electron chi connectivity index (χ0n) is 14.3. The standard InChI is InChI=1S/C17H24N2O5S/c1-2-24-17(21)14-9-12-19(13-10-14)16(20)8-11-18-25(22,23)15-6-4-3-5-7-15/h3-7,14,18H,2,8-13H2,1H3. The van der Waals surface area contributed by atoms with Gasteiger partial charge in [-0.15, -0.1) is 0 Å². The van der Waals surface area contributed by atoms with Crippen molar-refractivity contribution in [3.8, 4) is 0 Å². The maximum absolute atomic E-state index is 12.2. The van der Waals surface area contributed by atoms with Crippen LogP contribution in [-0.2, 0) is 24.3 Å². The van der Waals surface area contributed by atoms with Gasteiger partial charge in [-0.3, -0.25) is 9.59 Å². The first-order valence-electron chi connectivity index (χ1n) is 8.43. The van der Waals surface area contributed by atoms with Crippen LogP contribution in [0.25, 0.3) is 0 Å². The number of hydrogen-bond donors (Lipinski definition) is 1. The van der Waals surface area contributed by atoms with E-state index in [1.54, 1.807) is 30.0 Å². The Morgan fingerprint density at radius 3 is 2.44 bits per heavy atom. The van der Waals surface area contributed by atoms with Crippen LogP contribution in [0.15, 0.2) is 35.2 Å². The van der Waals surface area contributed by atoms with Gasteiger partial charge in [-0.25, -0.2) is 13.1 Å². The molecule has 0 aromatic heterocycles. The first-order valence-corrected chi connectivity index (χ1v) is 9.91. The number of likely N-dealkylation sites (tertiary alicyclic amines) is 1. The second-order valence-corrected chi connectivity index (χ2v) is 7.63. The number of ether oxygens (including phenoxy) is 1. The molecule has 1 heterocycles. The van der Waals surface area contributed by atoms with E-state index in [-0.39, 0.29) is 35.7 Å². The highest BCUT2D eigenvalue weighted by Crippen LogP contribution is 2.19. The molecule has 0 bridgehead atoms. The van der Waals surface area contributed by atoms with Crippen molar-refractivity contribution in [2.75, 3.05) is 26.2 Å². The SMILES string of the molecule is CCOC(=O)C1CCN(C(=O)CCNS(=O)(=O)c2ccccc2)CC1. The van der Waals surface area contributed by atoms with Crippen molar-refractivity contribution >= 4 is 21.9 Å². The fraction of sp³-hybridized carbons (Fsp3) is 0.529. The van der Waals surface area contributed by atoms with E-state index in [1.807, 2.05) is 0 Å². The largest absolute Gasteiger partial charge is 0.466 e. The van der Waals surface area contributed by atoms with E-state index in [0.717, 1.165) is 0 Å².